The molecule has 1 aliphatic carbocycles. The Morgan fingerprint density at radius 2 is 1.88 bits per heavy atom. The van der Waals surface area contributed by atoms with E-state index in [9.17, 15) is 19.2 Å². The lowest BCUT2D eigenvalue weighted by atomic mass is 9.59. The molecule has 0 spiro atoms. The molecule has 2 aromatic carbocycles. The highest BCUT2D eigenvalue weighted by molar-refractivity contribution is 5.93. The summed E-state index contributed by atoms with van der Waals surface area (Å²) in [5.41, 5.74) is 0.523. The first-order valence-corrected chi connectivity index (χ1v) is 14.8. The van der Waals surface area contributed by atoms with Crippen LogP contribution in [-0.4, -0.2) is 60.2 Å². The fourth-order valence-electron chi connectivity index (χ4n) is 7.05. The van der Waals surface area contributed by atoms with Crippen LogP contribution in [0.25, 0.3) is 10.8 Å². The maximum atomic E-state index is 14.1. The number of ether oxygens (including phenoxy) is 1. The Balaban J connectivity index is 1.40. The standard InChI is InChI=1S/C33H41N3O5/c1-32(2)15-14-27-33(22-32,31(40)41-3)20-25(19-28(37)34-16-8-18-35-17-7-13-29(35)38)30(39)36(27)21-24-11-6-10-23-9-4-5-12-26(23)24/h4-6,9-12,14,25H,7-8,13,15-22H2,1-3H3,(H,34,37)/t25-,33-/m1/s1. The van der Waals surface area contributed by atoms with E-state index in [1.165, 1.54) is 7.11 Å². The van der Waals surface area contributed by atoms with Crippen molar-refractivity contribution in [2.24, 2.45) is 16.7 Å². The van der Waals surface area contributed by atoms with Crippen LogP contribution in [0.1, 0.15) is 64.4 Å². The number of likely N-dealkylation sites (tertiary alicyclic amines) is 2. The Hall–Kier alpha value is -3.68. The highest BCUT2D eigenvalue weighted by Crippen LogP contribution is 2.55. The van der Waals surface area contributed by atoms with E-state index in [-0.39, 0.29) is 41.9 Å². The Morgan fingerprint density at radius 1 is 1.10 bits per heavy atom. The molecule has 3 aliphatic rings. The summed E-state index contributed by atoms with van der Waals surface area (Å²) in [5, 5.41) is 5.08. The molecule has 41 heavy (non-hydrogen) atoms. The molecule has 5 rings (SSSR count). The van der Waals surface area contributed by atoms with Crippen molar-refractivity contribution in [3.8, 4) is 0 Å². The second-order valence-corrected chi connectivity index (χ2v) is 12.6. The third-order valence-electron chi connectivity index (χ3n) is 8.93. The van der Waals surface area contributed by atoms with Crippen LogP contribution in [0.5, 0.6) is 0 Å². The monoisotopic (exact) mass is 559 g/mol. The number of rotatable bonds is 9. The molecule has 8 heteroatoms. The van der Waals surface area contributed by atoms with E-state index in [4.69, 9.17) is 4.74 Å². The molecule has 0 radical (unpaired) electrons. The van der Waals surface area contributed by atoms with Gasteiger partial charge in [0, 0.05) is 44.1 Å². The van der Waals surface area contributed by atoms with Gasteiger partial charge < -0.3 is 19.9 Å². The molecule has 2 saturated heterocycles. The average molecular weight is 560 g/mol. The number of fused-ring (bicyclic) bond motifs is 2. The molecular formula is C33H41N3O5. The minimum Gasteiger partial charge on any atom is -0.468 e. The maximum absolute atomic E-state index is 14.1. The van der Waals surface area contributed by atoms with Gasteiger partial charge in [0.25, 0.3) is 0 Å². The number of amides is 3. The molecule has 2 heterocycles. The summed E-state index contributed by atoms with van der Waals surface area (Å²) in [6.45, 7) is 6.40. The Morgan fingerprint density at radius 3 is 2.63 bits per heavy atom. The van der Waals surface area contributed by atoms with E-state index in [2.05, 4.69) is 19.2 Å². The highest BCUT2D eigenvalue weighted by Gasteiger charge is 2.57. The molecule has 2 aromatic rings. The second-order valence-electron chi connectivity index (χ2n) is 12.6. The van der Waals surface area contributed by atoms with Gasteiger partial charge in [-0.1, -0.05) is 62.4 Å². The van der Waals surface area contributed by atoms with Crippen molar-refractivity contribution in [2.45, 2.75) is 65.3 Å². The van der Waals surface area contributed by atoms with Crippen LogP contribution in [0.3, 0.4) is 0 Å². The molecule has 2 aliphatic heterocycles. The van der Waals surface area contributed by atoms with Crippen LogP contribution in [0.2, 0.25) is 0 Å². The summed E-state index contributed by atoms with van der Waals surface area (Å²) in [6, 6.07) is 14.1. The maximum Gasteiger partial charge on any atom is 0.317 e. The van der Waals surface area contributed by atoms with Crippen molar-refractivity contribution < 1.29 is 23.9 Å². The zero-order valence-electron chi connectivity index (χ0n) is 24.4. The number of methoxy groups -OCH3 is 1. The summed E-state index contributed by atoms with van der Waals surface area (Å²) in [6.07, 6.45) is 5.72. The van der Waals surface area contributed by atoms with Gasteiger partial charge in [-0.2, -0.15) is 0 Å². The van der Waals surface area contributed by atoms with Gasteiger partial charge >= 0.3 is 5.97 Å². The number of benzene rings is 2. The number of nitrogens with one attached hydrogen (secondary N) is 1. The number of nitrogens with zero attached hydrogens (tertiary/aromatic N) is 2. The predicted octanol–water partition coefficient (Wildman–Crippen LogP) is 4.57. The third kappa shape index (κ3) is 5.88. The molecular weight excluding hydrogens is 518 g/mol. The van der Waals surface area contributed by atoms with E-state index in [0.717, 1.165) is 35.7 Å². The SMILES string of the molecule is COC(=O)[C@@]12C[C@@H](CC(=O)NCCCN3CCCC3=O)C(=O)N(Cc3cccc4ccccc34)C1=CCC(C)(C)C2. The Labute approximate surface area is 242 Å². The van der Waals surface area contributed by atoms with Gasteiger partial charge in [-0.15, -0.1) is 0 Å². The number of carbonyl (C=O) groups is 4. The summed E-state index contributed by atoms with van der Waals surface area (Å²) in [4.78, 5) is 56.2. The van der Waals surface area contributed by atoms with Crippen molar-refractivity contribution in [1.29, 1.82) is 0 Å². The number of hydrogen-bond acceptors (Lipinski definition) is 5. The zero-order valence-corrected chi connectivity index (χ0v) is 24.4. The molecule has 0 unspecified atom stereocenters. The molecule has 0 saturated carbocycles. The van der Waals surface area contributed by atoms with E-state index in [1.807, 2.05) is 53.4 Å². The minimum atomic E-state index is -1.00. The van der Waals surface area contributed by atoms with Crippen molar-refractivity contribution in [3.63, 3.8) is 0 Å². The summed E-state index contributed by atoms with van der Waals surface area (Å²) in [5.74, 6) is -1.20. The Kier molecular flexibility index (Phi) is 8.20. The second kappa shape index (κ2) is 11.7. The summed E-state index contributed by atoms with van der Waals surface area (Å²) < 4.78 is 5.39. The average Bonchev–Trinajstić information content (AvgIpc) is 3.36. The molecule has 1 N–H and O–H groups in total. The minimum absolute atomic E-state index is 0.0000313. The quantitative estimate of drug-likeness (QED) is 0.359. The van der Waals surface area contributed by atoms with Crippen molar-refractivity contribution >= 4 is 34.5 Å². The van der Waals surface area contributed by atoms with Gasteiger partial charge in [0.15, 0.2) is 0 Å². The fraction of sp³-hybridized carbons (Fsp3) is 0.515. The van der Waals surface area contributed by atoms with E-state index >= 15 is 0 Å². The molecule has 218 valence electrons. The molecule has 2 atom stereocenters. The summed E-state index contributed by atoms with van der Waals surface area (Å²) >= 11 is 0. The van der Waals surface area contributed by atoms with Gasteiger partial charge in [-0.05, 0) is 53.9 Å². The lowest BCUT2D eigenvalue weighted by Crippen LogP contribution is -2.55. The van der Waals surface area contributed by atoms with E-state index in [0.29, 0.717) is 44.6 Å². The van der Waals surface area contributed by atoms with Gasteiger partial charge in [0.2, 0.25) is 17.7 Å². The largest absolute Gasteiger partial charge is 0.468 e. The number of carbonyl (C=O) groups excluding carboxylic acids is 4. The number of hydrogen-bond donors (Lipinski definition) is 1. The fourth-order valence-corrected chi connectivity index (χ4v) is 7.05. The van der Waals surface area contributed by atoms with E-state index < -0.39 is 11.3 Å². The molecule has 0 aromatic heterocycles. The normalized spacial score (nSPS) is 23.8. The van der Waals surface area contributed by atoms with Crippen LogP contribution in [0.15, 0.2) is 54.2 Å². The number of piperidine rings is 1. The first-order valence-electron chi connectivity index (χ1n) is 14.8. The van der Waals surface area contributed by atoms with Gasteiger partial charge in [-0.25, -0.2) is 0 Å². The van der Waals surface area contributed by atoms with Gasteiger partial charge in [0.05, 0.1) is 13.7 Å². The van der Waals surface area contributed by atoms with Gasteiger partial charge in [-0.3, -0.25) is 19.2 Å². The van der Waals surface area contributed by atoms with E-state index in [1.54, 1.807) is 4.90 Å². The van der Waals surface area contributed by atoms with Crippen LogP contribution >= 0.6 is 0 Å². The predicted molar refractivity (Wildman–Crippen MR) is 156 cm³/mol. The summed E-state index contributed by atoms with van der Waals surface area (Å²) in [7, 11) is 1.40. The third-order valence-corrected chi connectivity index (χ3v) is 8.93. The number of esters is 1. The van der Waals surface area contributed by atoms with Crippen LogP contribution in [0, 0.1) is 16.7 Å². The first-order chi connectivity index (χ1) is 19.6. The topological polar surface area (TPSA) is 96.0 Å². The van der Waals surface area contributed by atoms with Crippen molar-refractivity contribution in [1.82, 2.24) is 15.1 Å². The van der Waals surface area contributed by atoms with Crippen molar-refractivity contribution in [2.75, 3.05) is 26.7 Å². The first kappa shape index (κ1) is 28.8. The lowest BCUT2D eigenvalue weighted by Gasteiger charge is -2.51. The highest BCUT2D eigenvalue weighted by atomic mass is 16.5. The lowest BCUT2D eigenvalue weighted by molar-refractivity contribution is -0.162. The smallest absolute Gasteiger partial charge is 0.317 e. The van der Waals surface area contributed by atoms with Crippen LogP contribution in [0.4, 0.5) is 0 Å². The molecule has 3 amide bonds. The van der Waals surface area contributed by atoms with Crippen LogP contribution < -0.4 is 5.32 Å². The zero-order chi connectivity index (χ0) is 29.2. The molecule has 8 nitrogen and oxygen atoms in total. The van der Waals surface area contributed by atoms with Gasteiger partial charge in [0.1, 0.15) is 5.41 Å². The Bertz CT molecular complexity index is 1380. The van der Waals surface area contributed by atoms with Crippen LogP contribution in [-0.2, 0) is 30.5 Å². The van der Waals surface area contributed by atoms with Crippen molar-refractivity contribution in [3.05, 3.63) is 59.8 Å². The molecule has 2 fully saturated rings. The molecule has 0 bridgehead atoms. The number of allylic oxidation sites excluding steroid dienone is 1.